The number of benzene rings is 3. The van der Waals surface area contributed by atoms with Gasteiger partial charge in [0.2, 0.25) is 0 Å². The first kappa shape index (κ1) is 42.1. The number of H-pyrrole nitrogens is 2. The number of nitrogens with zero attached hydrogens (tertiary/aromatic N) is 5. The molecule has 0 radical (unpaired) electrons. The average Bonchev–Trinajstić information content (AvgIpc) is 3.84. The Morgan fingerprint density at radius 3 is 1.82 bits per heavy atom. The Labute approximate surface area is 345 Å². The summed E-state index contributed by atoms with van der Waals surface area (Å²) < 4.78 is 8.76. The molecule has 4 atom stereocenters. The summed E-state index contributed by atoms with van der Waals surface area (Å²) in [6.45, 7) is 14.7. The molecule has 0 fully saturated rings. The number of aryl methyl sites for hydroxylation is 1. The Bertz CT molecular complexity index is 2220. The molecule has 6 aromatic rings. The zero-order valence-electron chi connectivity index (χ0n) is 34.8. The fourth-order valence-corrected chi connectivity index (χ4v) is 9.78. The van der Waals surface area contributed by atoms with Crippen molar-refractivity contribution in [2.45, 2.75) is 137 Å². The lowest BCUT2D eigenvalue weighted by Crippen LogP contribution is -2.35. The number of hydrogen-bond donors (Lipinski definition) is 2. The Balaban J connectivity index is 1.03. The van der Waals surface area contributed by atoms with Crippen LogP contribution < -0.4 is 0 Å². The highest BCUT2D eigenvalue weighted by molar-refractivity contribution is 7.71. The minimum Gasteiger partial charge on any atom is -0.331 e. The van der Waals surface area contributed by atoms with E-state index < -0.39 is 0 Å². The average molecular weight is 794 g/mol. The van der Waals surface area contributed by atoms with Crippen molar-refractivity contribution in [1.82, 2.24) is 33.6 Å². The summed E-state index contributed by atoms with van der Waals surface area (Å²) in [7, 11) is 0. The number of aromatic nitrogens is 6. The number of aromatic amines is 2. The van der Waals surface area contributed by atoms with Crippen LogP contribution in [0.25, 0.3) is 33.1 Å². The predicted molar refractivity (Wildman–Crippen MR) is 243 cm³/mol. The summed E-state index contributed by atoms with van der Waals surface area (Å²) in [6.07, 6.45) is 17.8. The molecule has 0 bridgehead atoms. The maximum absolute atomic E-state index is 6.03. The van der Waals surface area contributed by atoms with Crippen LogP contribution in [0.2, 0.25) is 0 Å². The van der Waals surface area contributed by atoms with E-state index in [-0.39, 0.29) is 6.17 Å². The van der Waals surface area contributed by atoms with Crippen LogP contribution in [0.3, 0.4) is 0 Å². The van der Waals surface area contributed by atoms with Crippen LogP contribution in [0.15, 0.2) is 72.8 Å². The summed E-state index contributed by atoms with van der Waals surface area (Å²) in [5.41, 5.74) is 6.82. The van der Waals surface area contributed by atoms with Crippen molar-refractivity contribution in [2.75, 3.05) is 13.1 Å². The van der Waals surface area contributed by atoms with Crippen LogP contribution in [-0.2, 0) is 6.67 Å². The molecular formula is C47H67N7S2. The first-order valence-electron chi connectivity index (χ1n) is 21.9. The molecule has 302 valence electrons. The number of rotatable bonds is 24. The number of unbranched alkanes of at least 4 members (excludes halogenated alkanes) is 6. The van der Waals surface area contributed by atoms with E-state index in [1.807, 2.05) is 0 Å². The van der Waals surface area contributed by atoms with Gasteiger partial charge in [0.1, 0.15) is 12.0 Å². The van der Waals surface area contributed by atoms with E-state index in [9.17, 15) is 0 Å². The second-order valence-corrected chi connectivity index (χ2v) is 17.1. The second kappa shape index (κ2) is 20.8. The molecule has 3 heterocycles. The van der Waals surface area contributed by atoms with Gasteiger partial charge in [0.25, 0.3) is 0 Å². The normalized spacial score (nSPS) is 14.3. The minimum atomic E-state index is 0.0629. The highest BCUT2D eigenvalue weighted by Gasteiger charge is 2.29. The van der Waals surface area contributed by atoms with E-state index in [2.05, 4.69) is 136 Å². The van der Waals surface area contributed by atoms with E-state index in [1.165, 1.54) is 94.5 Å². The molecule has 9 heteroatoms. The van der Waals surface area contributed by atoms with Crippen molar-refractivity contribution in [3.8, 4) is 0 Å². The highest BCUT2D eigenvalue weighted by Crippen LogP contribution is 2.35. The molecule has 56 heavy (non-hydrogen) atoms. The molecule has 0 aliphatic rings. The molecule has 4 unspecified atom stereocenters. The lowest BCUT2D eigenvalue weighted by atomic mass is 9.93. The summed E-state index contributed by atoms with van der Waals surface area (Å²) in [6, 6.07) is 25.6. The molecule has 0 saturated carbocycles. The third-order valence-electron chi connectivity index (χ3n) is 12.5. The standard InChI is InChI=1S/C47H67N7S2/c1-6-10-23-36(7-2)32-51(34-52-42-29-20-17-26-39(42)49-46(52)55)33-37(8-3)24-15-13-11-12-14-16-25-38(9-4)45(53-35(5)48-40-27-18-21-30-43(40)53)54-44-31-22-19-28-41(44)50-47(54)56/h17-22,26-31,36-38,45H,6-16,23-25,32-34H2,1-5H3,(H,49,55)(H,50,56). The molecule has 0 aliphatic carbocycles. The lowest BCUT2D eigenvalue weighted by Gasteiger charge is -2.31. The van der Waals surface area contributed by atoms with Crippen molar-refractivity contribution < 1.29 is 0 Å². The first-order chi connectivity index (χ1) is 27.4. The SMILES string of the molecule is CCCCC(CC)CN(CC(CC)CCCCCCCCC(CC)C(n1c(C)nc2ccccc21)n1c(=S)[nH]c2ccccc21)Cn1c(=S)[nH]c2ccccc21. The van der Waals surface area contributed by atoms with Crippen LogP contribution >= 0.6 is 24.4 Å². The van der Waals surface area contributed by atoms with Gasteiger partial charge in [-0.2, -0.15) is 0 Å². The van der Waals surface area contributed by atoms with Gasteiger partial charge in [0, 0.05) is 13.1 Å². The smallest absolute Gasteiger partial charge is 0.179 e. The van der Waals surface area contributed by atoms with Crippen molar-refractivity contribution in [3.63, 3.8) is 0 Å². The van der Waals surface area contributed by atoms with Crippen molar-refractivity contribution >= 4 is 57.5 Å². The predicted octanol–water partition coefficient (Wildman–Crippen LogP) is 13.8. The minimum absolute atomic E-state index is 0.0629. The first-order valence-corrected chi connectivity index (χ1v) is 22.7. The molecule has 7 nitrogen and oxygen atoms in total. The van der Waals surface area contributed by atoms with Crippen molar-refractivity contribution in [3.05, 3.63) is 88.2 Å². The maximum Gasteiger partial charge on any atom is 0.179 e. The molecule has 3 aromatic heterocycles. The highest BCUT2D eigenvalue weighted by atomic mass is 32.1. The van der Waals surface area contributed by atoms with Crippen LogP contribution in [0.1, 0.15) is 130 Å². The maximum atomic E-state index is 6.03. The van der Waals surface area contributed by atoms with Crippen LogP contribution in [0.4, 0.5) is 0 Å². The zero-order chi connectivity index (χ0) is 39.4. The summed E-state index contributed by atoms with van der Waals surface area (Å²) >= 11 is 11.9. The number of nitrogens with one attached hydrogen (secondary N) is 2. The van der Waals surface area contributed by atoms with E-state index in [1.54, 1.807) is 0 Å². The summed E-state index contributed by atoms with van der Waals surface area (Å²) in [4.78, 5) is 14.7. The number of para-hydroxylation sites is 6. The topological polar surface area (TPSA) is 62.5 Å². The third kappa shape index (κ3) is 10.1. The number of fused-ring (bicyclic) bond motifs is 3. The Hall–Kier alpha value is -3.53. The lowest BCUT2D eigenvalue weighted by molar-refractivity contribution is 0.146. The van der Waals surface area contributed by atoms with E-state index >= 15 is 0 Å². The van der Waals surface area contributed by atoms with E-state index in [0.29, 0.717) is 11.8 Å². The van der Waals surface area contributed by atoms with Gasteiger partial charge >= 0.3 is 0 Å². The van der Waals surface area contributed by atoms with Crippen molar-refractivity contribution in [2.24, 2.45) is 17.8 Å². The van der Waals surface area contributed by atoms with Gasteiger partial charge in [-0.25, -0.2) is 4.98 Å². The van der Waals surface area contributed by atoms with Gasteiger partial charge in [-0.15, -0.1) is 0 Å². The van der Waals surface area contributed by atoms with Crippen LogP contribution in [-0.4, -0.2) is 46.6 Å². The molecule has 3 aromatic carbocycles. The molecule has 0 aliphatic heterocycles. The summed E-state index contributed by atoms with van der Waals surface area (Å²) in [5, 5.41) is 0. The second-order valence-electron chi connectivity index (χ2n) is 16.4. The largest absolute Gasteiger partial charge is 0.331 e. The van der Waals surface area contributed by atoms with Crippen LogP contribution in [0.5, 0.6) is 0 Å². The molecule has 0 amide bonds. The quantitative estimate of drug-likeness (QED) is 0.0473. The van der Waals surface area contributed by atoms with E-state index in [4.69, 9.17) is 29.4 Å². The fourth-order valence-electron chi connectivity index (χ4n) is 9.19. The molecule has 0 spiro atoms. The fraction of sp³-hybridized carbons (Fsp3) is 0.553. The summed E-state index contributed by atoms with van der Waals surface area (Å²) in [5.74, 6) is 2.91. The van der Waals surface area contributed by atoms with Crippen LogP contribution in [0, 0.1) is 34.2 Å². The Kier molecular flexibility index (Phi) is 15.6. The van der Waals surface area contributed by atoms with E-state index in [0.717, 1.165) is 69.5 Å². The molecule has 6 rings (SSSR count). The number of hydrogen-bond acceptors (Lipinski definition) is 4. The van der Waals surface area contributed by atoms with Gasteiger partial charge < -0.3 is 19.1 Å². The van der Waals surface area contributed by atoms with Crippen molar-refractivity contribution in [1.29, 1.82) is 0 Å². The monoisotopic (exact) mass is 793 g/mol. The third-order valence-corrected chi connectivity index (χ3v) is 13.1. The molecular weight excluding hydrogens is 727 g/mol. The molecule has 2 N–H and O–H groups in total. The van der Waals surface area contributed by atoms with Gasteiger partial charge in [0.15, 0.2) is 9.54 Å². The Morgan fingerprint density at radius 2 is 1.16 bits per heavy atom. The Morgan fingerprint density at radius 1 is 0.607 bits per heavy atom. The van der Waals surface area contributed by atoms with Gasteiger partial charge in [0.05, 0.1) is 39.8 Å². The molecule has 0 saturated heterocycles. The number of imidazole rings is 3. The zero-order valence-corrected chi connectivity index (χ0v) is 36.4. The van der Waals surface area contributed by atoms with Gasteiger partial charge in [-0.05, 0) is 111 Å². The van der Waals surface area contributed by atoms with Gasteiger partial charge in [-0.1, -0.05) is 128 Å². The van der Waals surface area contributed by atoms with Gasteiger partial charge in [-0.3, -0.25) is 9.47 Å².